The van der Waals surface area contributed by atoms with Gasteiger partial charge in [0.25, 0.3) is 0 Å². The summed E-state index contributed by atoms with van der Waals surface area (Å²) in [7, 11) is 0. The van der Waals surface area contributed by atoms with E-state index in [0.29, 0.717) is 38.6 Å². The molecule has 2 fully saturated rings. The van der Waals surface area contributed by atoms with Gasteiger partial charge in [0.15, 0.2) is 0 Å². The molecule has 2 N–H and O–H groups in total. The van der Waals surface area contributed by atoms with Crippen LogP contribution in [0, 0.1) is 11.8 Å². The highest BCUT2D eigenvalue weighted by atomic mass is 16.4. The van der Waals surface area contributed by atoms with Gasteiger partial charge in [0, 0.05) is 18.2 Å². The third kappa shape index (κ3) is 4.00. The average Bonchev–Trinajstić information content (AvgIpc) is 2.64. The first-order valence-corrected chi connectivity index (χ1v) is 8.96. The highest BCUT2D eigenvalue weighted by Gasteiger charge is 2.34. The van der Waals surface area contributed by atoms with E-state index in [1.54, 1.807) is 4.90 Å². The second-order valence-corrected chi connectivity index (χ2v) is 6.92. The number of nitrogens with zero attached hydrogens (tertiary/aromatic N) is 1. The third-order valence-corrected chi connectivity index (χ3v) is 5.27. The Labute approximate surface area is 147 Å². The Balaban J connectivity index is 1.58. The number of hydrogen-bond acceptors (Lipinski definition) is 3. The van der Waals surface area contributed by atoms with Gasteiger partial charge in [0.05, 0.1) is 5.92 Å². The van der Waals surface area contributed by atoms with E-state index in [2.05, 4.69) is 5.32 Å². The first kappa shape index (κ1) is 17.5. The van der Waals surface area contributed by atoms with Crippen LogP contribution in [-0.4, -0.2) is 35.5 Å². The molecule has 6 nitrogen and oxygen atoms in total. The lowest BCUT2D eigenvalue weighted by molar-refractivity contribution is -0.144. The van der Waals surface area contributed by atoms with Gasteiger partial charge >= 0.3 is 5.97 Å². The number of carboxylic acid groups (broad SMARTS) is 1. The number of nitrogens with one attached hydrogen (secondary N) is 1. The van der Waals surface area contributed by atoms with Crippen molar-refractivity contribution in [1.82, 2.24) is 5.32 Å². The number of amides is 2. The van der Waals surface area contributed by atoms with Crippen molar-refractivity contribution in [3.05, 3.63) is 30.3 Å². The molecule has 0 spiro atoms. The average molecular weight is 344 g/mol. The summed E-state index contributed by atoms with van der Waals surface area (Å²) in [4.78, 5) is 38.0. The van der Waals surface area contributed by atoms with E-state index in [-0.39, 0.29) is 23.7 Å². The lowest BCUT2D eigenvalue weighted by atomic mass is 9.81. The summed E-state index contributed by atoms with van der Waals surface area (Å²) in [5.74, 6) is -1.48. The summed E-state index contributed by atoms with van der Waals surface area (Å²) in [6.45, 7) is 0.666. The van der Waals surface area contributed by atoms with E-state index in [1.807, 2.05) is 30.3 Å². The molecular formula is C19H24N2O4. The van der Waals surface area contributed by atoms with Crippen LogP contribution in [0.2, 0.25) is 0 Å². The molecule has 1 saturated heterocycles. The number of hydrogen-bond donors (Lipinski definition) is 2. The molecule has 0 radical (unpaired) electrons. The molecule has 1 saturated carbocycles. The van der Waals surface area contributed by atoms with E-state index in [1.165, 1.54) is 0 Å². The molecule has 1 aromatic rings. The van der Waals surface area contributed by atoms with Crippen LogP contribution in [0.5, 0.6) is 0 Å². The van der Waals surface area contributed by atoms with E-state index in [9.17, 15) is 14.4 Å². The van der Waals surface area contributed by atoms with Crippen LogP contribution in [0.4, 0.5) is 5.69 Å². The maximum absolute atomic E-state index is 12.7. The van der Waals surface area contributed by atoms with Crippen molar-refractivity contribution < 1.29 is 19.5 Å². The minimum absolute atomic E-state index is 0.0648. The predicted octanol–water partition coefficient (Wildman–Crippen LogP) is 2.19. The van der Waals surface area contributed by atoms with E-state index in [4.69, 9.17) is 5.11 Å². The Morgan fingerprint density at radius 2 is 1.64 bits per heavy atom. The largest absolute Gasteiger partial charge is 0.481 e. The van der Waals surface area contributed by atoms with Crippen molar-refractivity contribution >= 4 is 23.5 Å². The van der Waals surface area contributed by atoms with Crippen LogP contribution in [0.25, 0.3) is 0 Å². The number of rotatable bonds is 4. The molecule has 1 atom stereocenters. The lowest BCUT2D eigenvalue weighted by Crippen LogP contribution is -2.53. The molecule has 25 heavy (non-hydrogen) atoms. The van der Waals surface area contributed by atoms with Crippen molar-refractivity contribution in [1.29, 1.82) is 0 Å². The Hall–Kier alpha value is -2.37. The Kier molecular flexibility index (Phi) is 5.36. The van der Waals surface area contributed by atoms with Crippen LogP contribution in [-0.2, 0) is 14.4 Å². The van der Waals surface area contributed by atoms with Crippen LogP contribution in [0.3, 0.4) is 0 Å². The SMILES string of the molecule is O=C(O)C1CCC(C(=O)NC2CCCN(c3ccccc3)C2=O)CC1. The number of piperidine rings is 1. The quantitative estimate of drug-likeness (QED) is 0.876. The Bertz CT molecular complexity index is 638. The fraction of sp³-hybridized carbons (Fsp3) is 0.526. The van der Waals surface area contributed by atoms with Gasteiger partial charge in [0.1, 0.15) is 6.04 Å². The zero-order chi connectivity index (χ0) is 17.8. The number of carboxylic acids is 1. The van der Waals surface area contributed by atoms with Crippen molar-refractivity contribution in [2.45, 2.75) is 44.6 Å². The molecule has 1 aliphatic carbocycles. The number of benzene rings is 1. The maximum atomic E-state index is 12.7. The topological polar surface area (TPSA) is 86.7 Å². The normalized spacial score (nSPS) is 27.0. The lowest BCUT2D eigenvalue weighted by Gasteiger charge is -2.34. The van der Waals surface area contributed by atoms with Gasteiger partial charge in [-0.05, 0) is 50.7 Å². The molecule has 2 aliphatic rings. The van der Waals surface area contributed by atoms with Crippen LogP contribution in [0.15, 0.2) is 30.3 Å². The predicted molar refractivity (Wildman–Crippen MR) is 93.0 cm³/mol. The van der Waals surface area contributed by atoms with Gasteiger partial charge in [-0.2, -0.15) is 0 Å². The second kappa shape index (κ2) is 7.68. The van der Waals surface area contributed by atoms with Gasteiger partial charge in [0.2, 0.25) is 11.8 Å². The fourth-order valence-electron chi connectivity index (χ4n) is 3.77. The van der Waals surface area contributed by atoms with Gasteiger partial charge < -0.3 is 15.3 Å². The summed E-state index contributed by atoms with van der Waals surface area (Å²) in [6.07, 6.45) is 3.71. The molecule has 2 amide bonds. The minimum atomic E-state index is -0.778. The minimum Gasteiger partial charge on any atom is -0.481 e. The zero-order valence-corrected chi connectivity index (χ0v) is 14.2. The standard InChI is InChI=1S/C19H24N2O4/c22-17(13-8-10-14(11-9-13)19(24)25)20-16-7-4-12-21(18(16)23)15-5-2-1-3-6-15/h1-3,5-6,13-14,16H,4,7-12H2,(H,20,22)(H,24,25). The van der Waals surface area contributed by atoms with Crippen molar-refractivity contribution in [2.75, 3.05) is 11.4 Å². The molecule has 1 aromatic carbocycles. The fourth-order valence-corrected chi connectivity index (χ4v) is 3.77. The van der Waals surface area contributed by atoms with Crippen molar-refractivity contribution in [2.24, 2.45) is 11.8 Å². The monoisotopic (exact) mass is 344 g/mol. The Morgan fingerprint density at radius 1 is 1.00 bits per heavy atom. The van der Waals surface area contributed by atoms with Crippen molar-refractivity contribution in [3.63, 3.8) is 0 Å². The summed E-state index contributed by atoms with van der Waals surface area (Å²) in [6, 6.07) is 9.01. The summed E-state index contributed by atoms with van der Waals surface area (Å²) >= 11 is 0. The van der Waals surface area contributed by atoms with E-state index < -0.39 is 12.0 Å². The van der Waals surface area contributed by atoms with Gasteiger partial charge in [-0.25, -0.2) is 0 Å². The van der Waals surface area contributed by atoms with E-state index in [0.717, 1.165) is 12.1 Å². The highest BCUT2D eigenvalue weighted by molar-refractivity contribution is 6.00. The molecule has 1 heterocycles. The molecule has 3 rings (SSSR count). The van der Waals surface area contributed by atoms with Crippen LogP contribution < -0.4 is 10.2 Å². The van der Waals surface area contributed by atoms with Crippen LogP contribution in [0.1, 0.15) is 38.5 Å². The summed E-state index contributed by atoms with van der Waals surface area (Å²) < 4.78 is 0. The maximum Gasteiger partial charge on any atom is 0.306 e. The van der Waals surface area contributed by atoms with Gasteiger partial charge in [-0.15, -0.1) is 0 Å². The summed E-state index contributed by atoms with van der Waals surface area (Å²) in [5, 5.41) is 12.0. The first-order chi connectivity index (χ1) is 12.1. The molecule has 1 unspecified atom stereocenters. The number of carbonyl (C=O) groups is 3. The molecular weight excluding hydrogens is 320 g/mol. The first-order valence-electron chi connectivity index (χ1n) is 8.96. The number of anilines is 1. The molecule has 0 bridgehead atoms. The third-order valence-electron chi connectivity index (χ3n) is 5.27. The molecule has 134 valence electrons. The molecule has 1 aliphatic heterocycles. The van der Waals surface area contributed by atoms with Crippen LogP contribution >= 0.6 is 0 Å². The smallest absolute Gasteiger partial charge is 0.306 e. The summed E-state index contributed by atoms with van der Waals surface area (Å²) in [5.41, 5.74) is 0.855. The van der Waals surface area contributed by atoms with Crippen molar-refractivity contribution in [3.8, 4) is 0 Å². The van der Waals surface area contributed by atoms with Gasteiger partial charge in [-0.3, -0.25) is 14.4 Å². The number of aliphatic carboxylic acids is 1. The van der Waals surface area contributed by atoms with E-state index >= 15 is 0 Å². The number of carbonyl (C=O) groups excluding carboxylic acids is 2. The molecule has 6 heteroatoms. The van der Waals surface area contributed by atoms with Gasteiger partial charge in [-0.1, -0.05) is 18.2 Å². The number of para-hydroxylation sites is 1. The zero-order valence-electron chi connectivity index (χ0n) is 14.2. The molecule has 0 aromatic heterocycles. The highest BCUT2D eigenvalue weighted by Crippen LogP contribution is 2.29. The second-order valence-electron chi connectivity index (χ2n) is 6.92. The Morgan fingerprint density at radius 3 is 2.28 bits per heavy atom.